The molecule has 2 amide bonds. The number of carbonyl (C=O) groups is 3. The van der Waals surface area contributed by atoms with Crippen LogP contribution < -0.4 is 0 Å². The lowest BCUT2D eigenvalue weighted by molar-refractivity contribution is -0.149. The maximum Gasteiger partial charge on any atom is 0.316 e. The summed E-state index contributed by atoms with van der Waals surface area (Å²) in [5, 5.41) is 21.3. The average molecular weight is 458 g/mol. The number of carbonyl (C=O) groups excluding carboxylic acids is 2. The van der Waals surface area contributed by atoms with Crippen molar-refractivity contribution >= 4 is 17.8 Å². The van der Waals surface area contributed by atoms with Gasteiger partial charge in [0.05, 0.1) is 17.2 Å². The third-order valence-corrected chi connectivity index (χ3v) is 6.70. The molecule has 0 saturated heterocycles. The third kappa shape index (κ3) is 3.90. The molecule has 1 aliphatic rings. The summed E-state index contributed by atoms with van der Waals surface area (Å²) in [6, 6.07) is 21.6. The van der Waals surface area contributed by atoms with Crippen molar-refractivity contribution in [2.75, 3.05) is 6.54 Å². The van der Waals surface area contributed by atoms with Gasteiger partial charge in [0.1, 0.15) is 5.41 Å². The topological polar surface area (TPSA) is 94.9 Å². The second-order valence-electron chi connectivity index (χ2n) is 8.70. The number of aliphatic hydroxyl groups excluding tert-OH is 1. The number of aryl methyl sites for hydroxylation is 1. The summed E-state index contributed by atoms with van der Waals surface area (Å²) in [5.74, 6) is -2.08. The first-order valence-electron chi connectivity index (χ1n) is 11.3. The standard InChI is InChI=1S/C28H27NO5/c1-3-24(30)28(27(33)34,15-16-29-25(31)22-9-4-5-10-23(22)26(29)32)21-13-11-19(12-14-21)20-8-6-7-18(2)17-20/h4-14,17,24,30H,3,15-16H2,1-2H3,(H,33,34). The first-order valence-corrected chi connectivity index (χ1v) is 11.3. The van der Waals surface area contributed by atoms with Crippen LogP contribution in [0.5, 0.6) is 0 Å². The molecule has 0 saturated carbocycles. The van der Waals surface area contributed by atoms with Gasteiger partial charge >= 0.3 is 5.97 Å². The predicted molar refractivity (Wildman–Crippen MR) is 129 cm³/mol. The summed E-state index contributed by atoms with van der Waals surface area (Å²) in [6.45, 7) is 3.60. The average Bonchev–Trinajstić information content (AvgIpc) is 3.09. The normalized spacial score (nSPS) is 15.7. The summed E-state index contributed by atoms with van der Waals surface area (Å²) in [5.41, 5.74) is 2.44. The Morgan fingerprint density at radius 3 is 2.06 bits per heavy atom. The van der Waals surface area contributed by atoms with E-state index in [2.05, 4.69) is 0 Å². The smallest absolute Gasteiger partial charge is 0.316 e. The lowest BCUT2D eigenvalue weighted by Crippen LogP contribution is -2.49. The number of aliphatic hydroxyl groups is 1. The van der Waals surface area contributed by atoms with Crippen LogP contribution >= 0.6 is 0 Å². The van der Waals surface area contributed by atoms with Crippen molar-refractivity contribution in [1.82, 2.24) is 4.90 Å². The molecule has 1 aliphatic heterocycles. The molecule has 0 aliphatic carbocycles. The second-order valence-corrected chi connectivity index (χ2v) is 8.70. The minimum absolute atomic E-state index is 0.105. The molecule has 2 atom stereocenters. The number of fused-ring (bicyclic) bond motifs is 1. The maximum absolute atomic E-state index is 12.8. The maximum atomic E-state index is 12.8. The fraction of sp³-hybridized carbons (Fsp3) is 0.250. The van der Waals surface area contributed by atoms with Gasteiger partial charge in [0.25, 0.3) is 11.8 Å². The molecule has 4 rings (SSSR count). The van der Waals surface area contributed by atoms with Crippen molar-refractivity contribution in [3.63, 3.8) is 0 Å². The van der Waals surface area contributed by atoms with Crippen molar-refractivity contribution in [3.8, 4) is 11.1 Å². The van der Waals surface area contributed by atoms with Crippen LogP contribution in [-0.2, 0) is 10.2 Å². The van der Waals surface area contributed by atoms with E-state index in [-0.39, 0.29) is 19.4 Å². The minimum Gasteiger partial charge on any atom is -0.481 e. The van der Waals surface area contributed by atoms with Crippen molar-refractivity contribution in [3.05, 3.63) is 95.1 Å². The van der Waals surface area contributed by atoms with Gasteiger partial charge in [0, 0.05) is 6.54 Å². The Morgan fingerprint density at radius 2 is 1.53 bits per heavy atom. The van der Waals surface area contributed by atoms with Gasteiger partial charge < -0.3 is 10.2 Å². The van der Waals surface area contributed by atoms with Gasteiger partial charge in [-0.3, -0.25) is 19.3 Å². The van der Waals surface area contributed by atoms with Crippen LogP contribution in [0.15, 0.2) is 72.8 Å². The van der Waals surface area contributed by atoms with Crippen molar-refractivity contribution in [1.29, 1.82) is 0 Å². The van der Waals surface area contributed by atoms with Crippen LogP contribution in [0.2, 0.25) is 0 Å². The lowest BCUT2D eigenvalue weighted by Gasteiger charge is -2.35. The molecular weight excluding hydrogens is 430 g/mol. The Hall–Kier alpha value is -3.77. The van der Waals surface area contributed by atoms with Crippen LogP contribution in [0.1, 0.15) is 51.6 Å². The highest BCUT2D eigenvalue weighted by Crippen LogP contribution is 2.37. The van der Waals surface area contributed by atoms with E-state index in [0.29, 0.717) is 16.7 Å². The van der Waals surface area contributed by atoms with Gasteiger partial charge in [-0.25, -0.2) is 0 Å². The first kappa shape index (κ1) is 23.4. The largest absolute Gasteiger partial charge is 0.481 e. The minimum atomic E-state index is -1.67. The van der Waals surface area contributed by atoms with E-state index >= 15 is 0 Å². The Balaban J connectivity index is 1.67. The van der Waals surface area contributed by atoms with E-state index in [0.717, 1.165) is 21.6 Å². The molecular formula is C28H27NO5. The van der Waals surface area contributed by atoms with Crippen LogP contribution in [-0.4, -0.2) is 45.5 Å². The van der Waals surface area contributed by atoms with E-state index in [9.17, 15) is 24.6 Å². The van der Waals surface area contributed by atoms with Gasteiger partial charge in [-0.1, -0.05) is 73.2 Å². The van der Waals surface area contributed by atoms with E-state index < -0.39 is 29.3 Å². The quantitative estimate of drug-likeness (QED) is 0.488. The Kier molecular flexibility index (Phi) is 6.35. The summed E-state index contributed by atoms with van der Waals surface area (Å²) in [7, 11) is 0. The van der Waals surface area contributed by atoms with E-state index in [4.69, 9.17) is 0 Å². The number of carboxylic acids is 1. The molecule has 0 bridgehead atoms. The third-order valence-electron chi connectivity index (χ3n) is 6.70. The van der Waals surface area contributed by atoms with Crippen molar-refractivity contribution in [2.45, 2.75) is 38.2 Å². The number of carboxylic acid groups (broad SMARTS) is 1. The number of nitrogens with zero attached hydrogens (tertiary/aromatic N) is 1. The number of imide groups is 1. The van der Waals surface area contributed by atoms with Gasteiger partial charge in [-0.15, -0.1) is 0 Å². The molecule has 2 N–H and O–H groups in total. The molecule has 0 fully saturated rings. The van der Waals surface area contributed by atoms with Crippen LogP contribution in [0.4, 0.5) is 0 Å². The first-order chi connectivity index (χ1) is 16.3. The summed E-state index contributed by atoms with van der Waals surface area (Å²) in [4.78, 5) is 39.3. The van der Waals surface area contributed by atoms with Crippen molar-refractivity contribution < 1.29 is 24.6 Å². The molecule has 6 nitrogen and oxygen atoms in total. The highest BCUT2D eigenvalue weighted by Gasteiger charge is 2.47. The molecule has 3 aromatic carbocycles. The molecule has 174 valence electrons. The zero-order valence-electron chi connectivity index (χ0n) is 19.2. The van der Waals surface area contributed by atoms with Crippen molar-refractivity contribution in [2.24, 2.45) is 0 Å². The van der Waals surface area contributed by atoms with Crippen LogP contribution in [0.3, 0.4) is 0 Å². The van der Waals surface area contributed by atoms with Gasteiger partial charge in [0.15, 0.2) is 0 Å². The molecule has 0 radical (unpaired) electrons. The van der Waals surface area contributed by atoms with Gasteiger partial charge in [-0.05, 0) is 48.6 Å². The number of rotatable bonds is 8. The molecule has 6 heteroatoms. The Morgan fingerprint density at radius 1 is 0.912 bits per heavy atom. The molecule has 0 spiro atoms. The molecule has 34 heavy (non-hydrogen) atoms. The number of hydrogen-bond acceptors (Lipinski definition) is 4. The van der Waals surface area contributed by atoms with E-state index in [1.54, 1.807) is 43.3 Å². The highest BCUT2D eigenvalue weighted by molar-refractivity contribution is 6.21. The molecule has 1 heterocycles. The fourth-order valence-corrected chi connectivity index (χ4v) is 4.74. The second kappa shape index (κ2) is 9.23. The molecule has 3 aromatic rings. The monoisotopic (exact) mass is 457 g/mol. The number of benzene rings is 3. The van der Waals surface area contributed by atoms with Crippen LogP contribution in [0.25, 0.3) is 11.1 Å². The molecule has 2 unspecified atom stereocenters. The lowest BCUT2D eigenvalue weighted by atomic mass is 9.71. The summed E-state index contributed by atoms with van der Waals surface area (Å²) < 4.78 is 0. The summed E-state index contributed by atoms with van der Waals surface area (Å²) in [6.07, 6.45) is -1.11. The number of hydrogen-bond donors (Lipinski definition) is 2. The van der Waals surface area contributed by atoms with Crippen LogP contribution in [0, 0.1) is 6.92 Å². The Bertz CT molecular complexity index is 1210. The van der Waals surface area contributed by atoms with E-state index in [1.165, 1.54) is 0 Å². The van der Waals surface area contributed by atoms with Gasteiger partial charge in [0.2, 0.25) is 0 Å². The highest BCUT2D eigenvalue weighted by atomic mass is 16.4. The fourth-order valence-electron chi connectivity index (χ4n) is 4.74. The zero-order valence-corrected chi connectivity index (χ0v) is 19.2. The Labute approximate surface area is 198 Å². The zero-order chi connectivity index (χ0) is 24.5. The number of amides is 2. The summed E-state index contributed by atoms with van der Waals surface area (Å²) >= 11 is 0. The number of aliphatic carboxylic acids is 1. The van der Waals surface area contributed by atoms with Gasteiger partial charge in [-0.2, -0.15) is 0 Å². The SMILES string of the molecule is CCC(O)C(CCN1C(=O)c2ccccc2C1=O)(C(=O)O)c1ccc(-c2cccc(C)c2)cc1. The molecule has 0 aromatic heterocycles. The van der Waals surface area contributed by atoms with E-state index in [1.807, 2.05) is 43.3 Å². The predicted octanol–water partition coefficient (Wildman–Crippen LogP) is 4.44.